The number of hydrogen-bond donors (Lipinski definition) is 0. The fourth-order valence-corrected chi connectivity index (χ4v) is 8.55. The van der Waals surface area contributed by atoms with E-state index in [0.29, 0.717) is 0 Å². The molecule has 0 aromatic heterocycles. The summed E-state index contributed by atoms with van der Waals surface area (Å²) in [7, 11) is -7.33. The van der Waals surface area contributed by atoms with Gasteiger partial charge in [-0.2, -0.15) is 0 Å². The minimum atomic E-state index is -3.67. The number of unbranched alkanes of at least 4 members (excludes halogenated alkanes) is 8. The predicted molar refractivity (Wildman–Crippen MR) is 170 cm³/mol. The second kappa shape index (κ2) is 29.5. The molecule has 0 aliphatic heterocycles. The second-order valence-corrected chi connectivity index (χ2v) is 15.5. The van der Waals surface area contributed by atoms with E-state index < -0.39 is 15.2 Å². The third-order valence-corrected chi connectivity index (χ3v) is 10.9. The molecule has 0 N–H and O–H groups in total. The molecule has 0 amide bonds. The Balaban J connectivity index is -0.000000688. The van der Waals surface area contributed by atoms with Crippen LogP contribution in [0.15, 0.2) is 0 Å². The molecule has 41 heavy (non-hydrogen) atoms. The van der Waals surface area contributed by atoms with E-state index in [1.807, 2.05) is 13.8 Å². The van der Waals surface area contributed by atoms with E-state index in [0.717, 1.165) is 77.0 Å². The summed E-state index contributed by atoms with van der Waals surface area (Å²) in [6, 6.07) is 0. The average molecular weight is 667 g/mol. The van der Waals surface area contributed by atoms with Crippen molar-refractivity contribution in [3.05, 3.63) is 0 Å². The van der Waals surface area contributed by atoms with E-state index in [1.54, 1.807) is 0 Å². The number of hydrogen-bond acceptors (Lipinski definition) is 6. The molecule has 0 spiro atoms. The first-order valence-electron chi connectivity index (χ1n) is 16.9. The van der Waals surface area contributed by atoms with Gasteiger partial charge in [-0.15, -0.1) is 0 Å². The fourth-order valence-electron chi connectivity index (χ4n) is 4.92. The van der Waals surface area contributed by atoms with Gasteiger partial charge in [0.1, 0.15) is 15.2 Å². The van der Waals surface area contributed by atoms with E-state index in [2.05, 4.69) is 41.5 Å². The molecule has 0 aromatic rings. The summed E-state index contributed by atoms with van der Waals surface area (Å²) in [5.41, 5.74) is 0. The summed E-state index contributed by atoms with van der Waals surface area (Å²) in [6.45, 7) is 16.5. The third-order valence-electron chi connectivity index (χ3n) is 7.66. The summed E-state index contributed by atoms with van der Waals surface area (Å²) >= 11 is 0. The molecular formula is C32H68FeO6P2. The third kappa shape index (κ3) is 30.6. The standard InChI is InChI=1S/2C16H35O3P.Fe/c2*1-5-8-10-11-12-15(4)19-20(17,18)14-16(7-3)13-9-6-2;/h2*15-16H,5-14H2,1-4H3,(H,17,18);/q;;+2/p-2. The van der Waals surface area contributed by atoms with Crippen molar-refractivity contribution in [1.82, 2.24) is 0 Å². The molecule has 0 rings (SSSR count). The summed E-state index contributed by atoms with van der Waals surface area (Å²) < 4.78 is 34.8. The van der Waals surface area contributed by atoms with Crippen LogP contribution in [0.1, 0.15) is 171 Å². The van der Waals surface area contributed by atoms with Crippen LogP contribution in [0, 0.1) is 11.8 Å². The summed E-state index contributed by atoms with van der Waals surface area (Å²) in [4.78, 5) is 24.1. The van der Waals surface area contributed by atoms with E-state index in [-0.39, 0.29) is 53.4 Å². The smallest absolute Gasteiger partial charge is 0.778 e. The fraction of sp³-hybridized carbons (Fsp3) is 1.00. The van der Waals surface area contributed by atoms with Crippen LogP contribution in [0.2, 0.25) is 0 Å². The molecule has 6 unspecified atom stereocenters. The molecule has 0 radical (unpaired) electrons. The van der Waals surface area contributed by atoms with E-state index in [1.165, 1.54) is 38.5 Å². The second-order valence-electron chi connectivity index (χ2n) is 12.0. The normalized spacial score (nSPS) is 17.2. The van der Waals surface area contributed by atoms with Crippen LogP contribution in [-0.2, 0) is 35.2 Å². The van der Waals surface area contributed by atoms with Gasteiger partial charge in [0.2, 0.25) is 0 Å². The topological polar surface area (TPSA) is 98.7 Å². The van der Waals surface area contributed by atoms with Crippen molar-refractivity contribution in [1.29, 1.82) is 0 Å². The number of rotatable bonds is 26. The molecule has 0 saturated carbocycles. The van der Waals surface area contributed by atoms with Crippen LogP contribution >= 0.6 is 15.2 Å². The molecule has 0 heterocycles. The van der Waals surface area contributed by atoms with Crippen molar-refractivity contribution in [3.8, 4) is 0 Å². The molecular weight excluding hydrogens is 598 g/mol. The maximum absolute atomic E-state index is 12.1. The molecule has 0 bridgehead atoms. The zero-order valence-electron chi connectivity index (χ0n) is 28.1. The average Bonchev–Trinajstić information content (AvgIpc) is 2.89. The molecule has 0 fully saturated rings. The summed E-state index contributed by atoms with van der Waals surface area (Å²) in [5.74, 6) is 0.510. The largest absolute Gasteiger partial charge is 2.00 e. The molecule has 6 nitrogen and oxygen atoms in total. The Bertz CT molecular complexity index is 598. The molecule has 250 valence electrons. The quantitative estimate of drug-likeness (QED) is 0.0518. The predicted octanol–water partition coefficient (Wildman–Crippen LogP) is 10.3. The minimum Gasteiger partial charge on any atom is -0.778 e. The van der Waals surface area contributed by atoms with Gasteiger partial charge in [0.15, 0.2) is 0 Å². The van der Waals surface area contributed by atoms with Crippen LogP contribution in [-0.4, -0.2) is 24.5 Å². The Labute approximate surface area is 266 Å². The van der Waals surface area contributed by atoms with Crippen molar-refractivity contribution < 1.29 is 45.0 Å². The molecule has 0 saturated heterocycles. The Kier molecular flexibility index (Phi) is 33.3. The Morgan fingerprint density at radius 3 is 1.10 bits per heavy atom. The molecule has 9 heteroatoms. The molecule has 0 aliphatic rings. The monoisotopic (exact) mass is 666 g/mol. The van der Waals surface area contributed by atoms with Gasteiger partial charge in [0, 0.05) is 12.3 Å². The van der Waals surface area contributed by atoms with Gasteiger partial charge < -0.3 is 28.0 Å². The first-order chi connectivity index (χ1) is 18.9. The van der Waals surface area contributed by atoms with Crippen LogP contribution < -0.4 is 9.79 Å². The van der Waals surface area contributed by atoms with Gasteiger partial charge >= 0.3 is 17.1 Å². The van der Waals surface area contributed by atoms with Gasteiger partial charge in [0.25, 0.3) is 0 Å². The van der Waals surface area contributed by atoms with E-state index >= 15 is 0 Å². The first-order valence-corrected chi connectivity index (χ1v) is 20.3. The van der Waals surface area contributed by atoms with Crippen LogP contribution in [0.5, 0.6) is 0 Å². The summed E-state index contributed by atoms with van der Waals surface area (Å²) in [5, 5.41) is 0. The van der Waals surface area contributed by atoms with Gasteiger partial charge in [-0.3, -0.25) is 0 Å². The van der Waals surface area contributed by atoms with Crippen molar-refractivity contribution in [2.75, 3.05) is 12.3 Å². The van der Waals surface area contributed by atoms with Crippen molar-refractivity contribution in [2.45, 2.75) is 183 Å². The van der Waals surface area contributed by atoms with Gasteiger partial charge in [-0.05, 0) is 51.4 Å². The Morgan fingerprint density at radius 2 is 0.829 bits per heavy atom. The zero-order chi connectivity index (χ0) is 30.9. The van der Waals surface area contributed by atoms with Crippen molar-refractivity contribution in [3.63, 3.8) is 0 Å². The first kappa shape index (κ1) is 46.2. The molecule has 0 aromatic carbocycles. The molecule has 6 atom stereocenters. The maximum Gasteiger partial charge on any atom is 2.00 e. The van der Waals surface area contributed by atoms with Gasteiger partial charge in [-0.25, -0.2) is 0 Å². The Hall–Kier alpha value is 0.819. The van der Waals surface area contributed by atoms with Crippen LogP contribution in [0.3, 0.4) is 0 Å². The minimum absolute atomic E-state index is 0. The van der Waals surface area contributed by atoms with E-state index in [4.69, 9.17) is 9.05 Å². The van der Waals surface area contributed by atoms with Crippen molar-refractivity contribution in [2.24, 2.45) is 11.8 Å². The SMILES string of the molecule is CCCCCCC(C)OP(=O)([O-])CC(CC)CCCC.CCCCCCC(C)OP(=O)([O-])CC(CC)CCCC.[Fe+2]. The molecule has 0 aliphatic carbocycles. The van der Waals surface area contributed by atoms with E-state index in [9.17, 15) is 18.9 Å². The maximum atomic E-state index is 12.1. The Morgan fingerprint density at radius 1 is 0.512 bits per heavy atom. The van der Waals surface area contributed by atoms with Crippen molar-refractivity contribution >= 4 is 15.2 Å². The van der Waals surface area contributed by atoms with Crippen LogP contribution in [0.4, 0.5) is 0 Å². The van der Waals surface area contributed by atoms with Gasteiger partial charge in [0.05, 0.1) is 12.2 Å². The summed E-state index contributed by atoms with van der Waals surface area (Å²) in [6.07, 6.45) is 19.3. The van der Waals surface area contributed by atoms with Gasteiger partial charge in [-0.1, -0.05) is 131 Å². The zero-order valence-corrected chi connectivity index (χ0v) is 31.0. The van der Waals surface area contributed by atoms with Crippen LogP contribution in [0.25, 0.3) is 0 Å².